The normalized spacial score (nSPS) is 35.3. The number of alkyl halides is 1. The van der Waals surface area contributed by atoms with Crippen molar-refractivity contribution in [2.75, 3.05) is 13.1 Å². The minimum Gasteiger partial charge on any atom is -0.389 e. The van der Waals surface area contributed by atoms with Crippen LogP contribution in [0.2, 0.25) is 0 Å². The van der Waals surface area contributed by atoms with E-state index in [4.69, 9.17) is 5.11 Å². The molecule has 0 aromatic heterocycles. The summed E-state index contributed by atoms with van der Waals surface area (Å²) in [4.78, 5) is 0. The van der Waals surface area contributed by atoms with Crippen LogP contribution in [-0.2, 0) is 0 Å². The molecule has 0 aromatic carbocycles. The second kappa shape index (κ2) is 4.04. The Bertz CT molecular complexity index is 73.4. The van der Waals surface area contributed by atoms with Gasteiger partial charge in [-0.1, -0.05) is 0 Å². The van der Waals surface area contributed by atoms with Crippen molar-refractivity contribution in [1.82, 2.24) is 5.32 Å². The SMILES string of the molecule is Cl.O[C@@H]1CNCC[C@H]1F. The van der Waals surface area contributed by atoms with E-state index in [9.17, 15) is 4.39 Å². The van der Waals surface area contributed by atoms with E-state index in [0.29, 0.717) is 19.5 Å². The molecule has 0 saturated carbocycles. The Labute approximate surface area is 59.9 Å². The van der Waals surface area contributed by atoms with Crippen LogP contribution in [0.25, 0.3) is 0 Å². The van der Waals surface area contributed by atoms with Gasteiger partial charge in [-0.3, -0.25) is 0 Å². The van der Waals surface area contributed by atoms with Crippen LogP contribution in [0.1, 0.15) is 6.42 Å². The summed E-state index contributed by atoms with van der Waals surface area (Å²) in [6.45, 7) is 1.10. The number of β-amino-alcohol motifs (C(OH)–C–C–N with tert-alkyl or cyclic N) is 1. The highest BCUT2D eigenvalue weighted by Crippen LogP contribution is 2.06. The molecule has 0 spiro atoms. The van der Waals surface area contributed by atoms with E-state index in [1.54, 1.807) is 0 Å². The maximum atomic E-state index is 12.3. The topological polar surface area (TPSA) is 32.3 Å². The Hall–Kier alpha value is 0.140. The molecule has 1 saturated heterocycles. The fourth-order valence-electron chi connectivity index (χ4n) is 0.810. The fraction of sp³-hybridized carbons (Fsp3) is 1.00. The van der Waals surface area contributed by atoms with Gasteiger partial charge in [0.1, 0.15) is 6.17 Å². The molecular weight excluding hydrogens is 145 g/mol. The van der Waals surface area contributed by atoms with Crippen molar-refractivity contribution in [1.29, 1.82) is 0 Å². The highest BCUT2D eigenvalue weighted by atomic mass is 35.5. The molecule has 0 amide bonds. The van der Waals surface area contributed by atoms with Crippen molar-refractivity contribution in [2.45, 2.75) is 18.7 Å². The molecule has 0 radical (unpaired) electrons. The van der Waals surface area contributed by atoms with Crippen molar-refractivity contribution in [3.8, 4) is 0 Å². The second-order valence-corrected chi connectivity index (χ2v) is 2.08. The van der Waals surface area contributed by atoms with Crippen LogP contribution >= 0.6 is 12.4 Å². The van der Waals surface area contributed by atoms with Gasteiger partial charge < -0.3 is 10.4 Å². The van der Waals surface area contributed by atoms with Gasteiger partial charge in [-0.25, -0.2) is 4.39 Å². The summed E-state index contributed by atoms with van der Waals surface area (Å²) in [6.07, 6.45) is -1.33. The van der Waals surface area contributed by atoms with Gasteiger partial charge in [-0.2, -0.15) is 0 Å². The number of aliphatic hydroxyl groups is 1. The van der Waals surface area contributed by atoms with Crippen LogP contribution in [0, 0.1) is 0 Å². The van der Waals surface area contributed by atoms with Crippen molar-refractivity contribution in [3.05, 3.63) is 0 Å². The molecule has 1 fully saturated rings. The van der Waals surface area contributed by atoms with Crippen LogP contribution in [0.4, 0.5) is 4.39 Å². The number of halogens is 2. The van der Waals surface area contributed by atoms with E-state index < -0.39 is 12.3 Å². The number of hydrogen-bond donors (Lipinski definition) is 2. The highest BCUT2D eigenvalue weighted by Gasteiger charge is 2.20. The van der Waals surface area contributed by atoms with Crippen LogP contribution in [0.5, 0.6) is 0 Å². The Kier molecular flexibility index (Phi) is 4.10. The molecule has 9 heavy (non-hydrogen) atoms. The van der Waals surface area contributed by atoms with Gasteiger partial charge in [-0.05, 0) is 13.0 Å². The predicted octanol–water partition coefficient (Wildman–Crippen LogP) is 0.101. The maximum absolute atomic E-state index is 12.3. The van der Waals surface area contributed by atoms with E-state index in [2.05, 4.69) is 5.32 Å². The summed E-state index contributed by atoms with van der Waals surface area (Å²) in [5.74, 6) is 0. The summed E-state index contributed by atoms with van der Waals surface area (Å²) in [5.41, 5.74) is 0. The predicted molar refractivity (Wildman–Crippen MR) is 35.6 cm³/mol. The molecule has 1 aliphatic rings. The van der Waals surface area contributed by atoms with Gasteiger partial charge in [0.2, 0.25) is 0 Å². The number of aliphatic hydroxyl groups excluding tert-OH is 1. The summed E-state index contributed by atoms with van der Waals surface area (Å²) in [5, 5.41) is 11.6. The van der Waals surface area contributed by atoms with Gasteiger partial charge in [-0.15, -0.1) is 12.4 Å². The van der Waals surface area contributed by atoms with Gasteiger partial charge >= 0.3 is 0 Å². The molecule has 1 heterocycles. The van der Waals surface area contributed by atoms with E-state index in [-0.39, 0.29) is 12.4 Å². The van der Waals surface area contributed by atoms with Crippen molar-refractivity contribution < 1.29 is 9.50 Å². The van der Waals surface area contributed by atoms with Gasteiger partial charge in [0.25, 0.3) is 0 Å². The Morgan fingerprint density at radius 3 is 2.56 bits per heavy atom. The van der Waals surface area contributed by atoms with Gasteiger partial charge in [0, 0.05) is 6.54 Å². The lowest BCUT2D eigenvalue weighted by atomic mass is 10.1. The highest BCUT2D eigenvalue weighted by molar-refractivity contribution is 5.85. The van der Waals surface area contributed by atoms with Crippen LogP contribution in [0.15, 0.2) is 0 Å². The first-order chi connectivity index (χ1) is 3.80. The number of hydrogen-bond acceptors (Lipinski definition) is 2. The van der Waals surface area contributed by atoms with Gasteiger partial charge in [0.15, 0.2) is 0 Å². The van der Waals surface area contributed by atoms with Crippen molar-refractivity contribution >= 4 is 12.4 Å². The second-order valence-electron chi connectivity index (χ2n) is 2.08. The Morgan fingerprint density at radius 1 is 1.56 bits per heavy atom. The van der Waals surface area contributed by atoms with E-state index in [0.717, 1.165) is 0 Å². The zero-order valence-electron chi connectivity index (χ0n) is 5.01. The fourth-order valence-corrected chi connectivity index (χ4v) is 0.810. The molecule has 2 atom stereocenters. The average molecular weight is 156 g/mol. The molecule has 0 unspecified atom stereocenters. The van der Waals surface area contributed by atoms with Crippen LogP contribution in [0.3, 0.4) is 0 Å². The van der Waals surface area contributed by atoms with Gasteiger partial charge in [0.05, 0.1) is 6.10 Å². The van der Waals surface area contributed by atoms with Crippen molar-refractivity contribution in [3.63, 3.8) is 0 Å². The quantitative estimate of drug-likeness (QED) is 0.520. The summed E-state index contributed by atoms with van der Waals surface area (Å²) < 4.78 is 12.3. The largest absolute Gasteiger partial charge is 0.389 e. The third-order valence-corrected chi connectivity index (χ3v) is 1.37. The molecule has 0 aromatic rings. The first-order valence-corrected chi connectivity index (χ1v) is 2.83. The minimum atomic E-state index is -1.00. The Balaban J connectivity index is 0.000000640. The summed E-state index contributed by atoms with van der Waals surface area (Å²) >= 11 is 0. The summed E-state index contributed by atoms with van der Waals surface area (Å²) in [7, 11) is 0. The summed E-state index contributed by atoms with van der Waals surface area (Å²) in [6, 6.07) is 0. The zero-order valence-corrected chi connectivity index (χ0v) is 5.83. The lowest BCUT2D eigenvalue weighted by Gasteiger charge is -2.21. The minimum absolute atomic E-state index is 0. The van der Waals surface area contributed by atoms with Crippen molar-refractivity contribution in [2.24, 2.45) is 0 Å². The Morgan fingerprint density at radius 2 is 2.22 bits per heavy atom. The molecule has 0 aliphatic carbocycles. The lowest BCUT2D eigenvalue weighted by molar-refractivity contribution is 0.0549. The molecule has 2 nitrogen and oxygen atoms in total. The van der Waals surface area contributed by atoms with E-state index in [1.165, 1.54) is 0 Å². The standard InChI is InChI=1S/C5H10FNO.ClH/c6-4-1-2-7-3-5(4)8;/h4-5,7-8H,1-3H2;1H/t4-,5-;/m1./s1. The van der Waals surface area contributed by atoms with Crippen LogP contribution < -0.4 is 5.32 Å². The number of nitrogens with one attached hydrogen (secondary N) is 1. The molecule has 1 rings (SSSR count). The molecule has 1 aliphatic heterocycles. The third-order valence-electron chi connectivity index (χ3n) is 1.37. The van der Waals surface area contributed by atoms with E-state index in [1.807, 2.05) is 0 Å². The molecule has 56 valence electrons. The third kappa shape index (κ3) is 2.47. The smallest absolute Gasteiger partial charge is 0.128 e. The monoisotopic (exact) mass is 155 g/mol. The molecule has 4 heteroatoms. The average Bonchev–Trinajstić information content (AvgIpc) is 1.77. The zero-order chi connectivity index (χ0) is 5.98. The molecule has 2 N–H and O–H groups in total. The lowest BCUT2D eigenvalue weighted by Crippen LogP contribution is -2.41. The van der Waals surface area contributed by atoms with E-state index >= 15 is 0 Å². The maximum Gasteiger partial charge on any atom is 0.128 e. The molecule has 0 bridgehead atoms. The number of rotatable bonds is 0. The first-order valence-electron chi connectivity index (χ1n) is 2.83. The first kappa shape index (κ1) is 9.14. The number of piperidine rings is 1. The molecular formula is C5H11ClFNO. The van der Waals surface area contributed by atoms with Crippen LogP contribution in [-0.4, -0.2) is 30.5 Å².